The van der Waals surface area contributed by atoms with Crippen molar-refractivity contribution < 1.29 is 14.6 Å². The lowest BCUT2D eigenvalue weighted by atomic mass is 10.4. The average molecular weight is 296 g/mol. The van der Waals surface area contributed by atoms with Crippen molar-refractivity contribution in [3.8, 4) is 11.6 Å². The molecule has 0 atom stereocenters. The normalized spacial score (nSPS) is 9.94. The quantitative estimate of drug-likeness (QED) is 0.933. The number of hydrogen-bond acceptors (Lipinski definition) is 5. The van der Waals surface area contributed by atoms with Crippen LogP contribution < -0.4 is 4.74 Å². The third kappa shape index (κ3) is 2.97. The Balaban J connectivity index is 2.16. The zero-order valence-electron chi connectivity index (χ0n) is 8.37. The second kappa shape index (κ2) is 4.88. The molecule has 0 aliphatic heterocycles. The summed E-state index contributed by atoms with van der Waals surface area (Å²) in [4.78, 5) is 22.0. The van der Waals surface area contributed by atoms with Gasteiger partial charge in [-0.25, -0.2) is 14.8 Å². The van der Waals surface area contributed by atoms with Crippen LogP contribution in [0.25, 0.3) is 0 Å². The van der Waals surface area contributed by atoms with Gasteiger partial charge in [-0.05, 0) is 22.0 Å². The highest BCUT2D eigenvalue weighted by molar-refractivity contribution is 9.10. The summed E-state index contributed by atoms with van der Waals surface area (Å²) in [6.45, 7) is 0. The van der Waals surface area contributed by atoms with Crippen molar-refractivity contribution >= 4 is 21.9 Å². The molecule has 2 heterocycles. The molecule has 2 aromatic rings. The van der Waals surface area contributed by atoms with Crippen molar-refractivity contribution in [2.24, 2.45) is 0 Å². The van der Waals surface area contributed by atoms with Gasteiger partial charge in [0.2, 0.25) is 5.88 Å². The number of aromatic carboxylic acids is 1. The molecule has 0 unspecified atom stereocenters. The van der Waals surface area contributed by atoms with Crippen molar-refractivity contribution in [1.29, 1.82) is 0 Å². The number of carboxylic acids is 1. The van der Waals surface area contributed by atoms with E-state index >= 15 is 0 Å². The molecule has 7 heteroatoms. The van der Waals surface area contributed by atoms with Crippen LogP contribution in [0, 0.1) is 0 Å². The SMILES string of the molecule is O=C(O)c1cnc(Oc2cncc(Br)c2)cn1. The van der Waals surface area contributed by atoms with Crippen molar-refractivity contribution in [2.75, 3.05) is 0 Å². The number of nitrogens with zero attached hydrogens (tertiary/aromatic N) is 3. The van der Waals surface area contributed by atoms with Crippen molar-refractivity contribution in [2.45, 2.75) is 0 Å². The molecule has 0 aromatic carbocycles. The minimum atomic E-state index is -1.13. The maximum Gasteiger partial charge on any atom is 0.356 e. The fourth-order valence-electron chi connectivity index (χ4n) is 1.05. The highest BCUT2D eigenvalue weighted by Gasteiger charge is 2.06. The third-order valence-electron chi connectivity index (χ3n) is 1.75. The van der Waals surface area contributed by atoms with Gasteiger partial charge in [-0.2, -0.15) is 0 Å². The van der Waals surface area contributed by atoms with Crippen molar-refractivity contribution in [3.63, 3.8) is 0 Å². The monoisotopic (exact) mass is 295 g/mol. The highest BCUT2D eigenvalue weighted by Crippen LogP contribution is 2.20. The third-order valence-corrected chi connectivity index (χ3v) is 2.18. The fraction of sp³-hybridized carbons (Fsp3) is 0. The highest BCUT2D eigenvalue weighted by atomic mass is 79.9. The number of ether oxygens (including phenoxy) is 1. The summed E-state index contributed by atoms with van der Waals surface area (Å²) in [7, 11) is 0. The summed E-state index contributed by atoms with van der Waals surface area (Å²) in [5.74, 6) is -0.445. The first-order chi connectivity index (χ1) is 8.15. The Morgan fingerprint density at radius 3 is 2.65 bits per heavy atom. The van der Waals surface area contributed by atoms with Gasteiger partial charge in [0.25, 0.3) is 0 Å². The van der Waals surface area contributed by atoms with Crippen LogP contribution in [0.5, 0.6) is 11.6 Å². The van der Waals surface area contributed by atoms with Gasteiger partial charge in [0.15, 0.2) is 5.69 Å². The summed E-state index contributed by atoms with van der Waals surface area (Å²) in [6, 6.07) is 1.71. The molecule has 86 valence electrons. The van der Waals surface area contributed by atoms with Crippen LogP contribution in [0.15, 0.2) is 35.3 Å². The molecule has 17 heavy (non-hydrogen) atoms. The topological polar surface area (TPSA) is 85.2 Å². The Morgan fingerprint density at radius 1 is 1.24 bits per heavy atom. The van der Waals surface area contributed by atoms with Crippen LogP contribution in [0.1, 0.15) is 10.5 Å². The molecule has 1 N–H and O–H groups in total. The van der Waals surface area contributed by atoms with E-state index in [1.807, 2.05) is 0 Å². The van der Waals surface area contributed by atoms with E-state index in [1.165, 1.54) is 12.4 Å². The van der Waals surface area contributed by atoms with Crippen molar-refractivity contribution in [1.82, 2.24) is 15.0 Å². The second-order valence-corrected chi connectivity index (χ2v) is 3.90. The predicted molar refractivity (Wildman–Crippen MR) is 61.0 cm³/mol. The minimum Gasteiger partial charge on any atom is -0.476 e. The van der Waals surface area contributed by atoms with Gasteiger partial charge in [-0.1, -0.05) is 0 Å². The van der Waals surface area contributed by atoms with Gasteiger partial charge < -0.3 is 9.84 Å². The molecular weight excluding hydrogens is 290 g/mol. The molecule has 0 fully saturated rings. The van der Waals surface area contributed by atoms with Gasteiger partial charge in [-0.15, -0.1) is 0 Å². The van der Waals surface area contributed by atoms with Gasteiger partial charge >= 0.3 is 5.97 Å². The van der Waals surface area contributed by atoms with E-state index in [4.69, 9.17) is 9.84 Å². The second-order valence-electron chi connectivity index (χ2n) is 2.99. The standard InChI is InChI=1S/C10H6BrN3O3/c11-6-1-7(3-12-2-6)17-9-5-13-8(4-14-9)10(15)16/h1-5H,(H,15,16). The number of halogens is 1. The number of carboxylic acid groups (broad SMARTS) is 1. The Kier molecular flexibility index (Phi) is 3.29. The molecule has 0 saturated carbocycles. The maximum atomic E-state index is 10.6. The van der Waals surface area contributed by atoms with Crippen LogP contribution >= 0.6 is 15.9 Å². The van der Waals surface area contributed by atoms with Gasteiger partial charge in [0.1, 0.15) is 5.75 Å². The lowest BCUT2D eigenvalue weighted by Gasteiger charge is -2.03. The first kappa shape index (κ1) is 11.5. The molecule has 0 amide bonds. The number of rotatable bonds is 3. The summed E-state index contributed by atoms with van der Waals surface area (Å²) in [5, 5.41) is 8.64. The zero-order chi connectivity index (χ0) is 12.3. The maximum absolute atomic E-state index is 10.6. The number of aromatic nitrogens is 3. The lowest BCUT2D eigenvalue weighted by Crippen LogP contribution is -2.01. The largest absolute Gasteiger partial charge is 0.476 e. The summed E-state index contributed by atoms with van der Waals surface area (Å²) >= 11 is 3.25. The molecule has 0 spiro atoms. The Hall–Kier alpha value is -2.02. The first-order valence-electron chi connectivity index (χ1n) is 4.49. The van der Waals surface area contributed by atoms with Crippen LogP contribution in [0.3, 0.4) is 0 Å². The number of pyridine rings is 1. The molecule has 0 bridgehead atoms. The van der Waals surface area contributed by atoms with Gasteiger partial charge in [-0.3, -0.25) is 4.98 Å². The molecule has 0 radical (unpaired) electrons. The van der Waals surface area contributed by atoms with E-state index < -0.39 is 5.97 Å². The Bertz CT molecular complexity index is 545. The zero-order valence-corrected chi connectivity index (χ0v) is 9.96. The molecule has 0 aliphatic carbocycles. The van der Waals surface area contributed by atoms with E-state index in [0.717, 1.165) is 10.7 Å². The Morgan fingerprint density at radius 2 is 2.06 bits per heavy atom. The first-order valence-corrected chi connectivity index (χ1v) is 5.28. The summed E-state index contributed by atoms with van der Waals surface area (Å²) in [5.41, 5.74) is -0.135. The van der Waals surface area contributed by atoms with E-state index in [2.05, 4.69) is 30.9 Å². The smallest absolute Gasteiger partial charge is 0.356 e. The fourth-order valence-corrected chi connectivity index (χ4v) is 1.39. The molecular formula is C10H6BrN3O3. The van der Waals surface area contributed by atoms with Crippen LogP contribution in [-0.2, 0) is 0 Å². The van der Waals surface area contributed by atoms with Gasteiger partial charge in [0.05, 0.1) is 18.6 Å². The molecule has 2 aromatic heterocycles. The summed E-state index contributed by atoms with van der Waals surface area (Å²) < 4.78 is 6.10. The van der Waals surface area contributed by atoms with E-state index in [0.29, 0.717) is 5.75 Å². The predicted octanol–water partition coefficient (Wildman–Crippen LogP) is 2.12. The minimum absolute atomic E-state index is 0.135. The van der Waals surface area contributed by atoms with Crippen LogP contribution in [0.4, 0.5) is 0 Å². The van der Waals surface area contributed by atoms with Crippen molar-refractivity contribution in [3.05, 3.63) is 41.0 Å². The number of hydrogen-bond donors (Lipinski definition) is 1. The molecule has 0 aliphatic rings. The van der Waals surface area contributed by atoms with E-state index in [-0.39, 0.29) is 11.6 Å². The van der Waals surface area contributed by atoms with E-state index in [1.54, 1.807) is 12.3 Å². The lowest BCUT2D eigenvalue weighted by molar-refractivity contribution is 0.0690. The van der Waals surface area contributed by atoms with Crippen LogP contribution in [-0.4, -0.2) is 26.0 Å². The molecule has 0 saturated heterocycles. The van der Waals surface area contributed by atoms with Crippen LogP contribution in [0.2, 0.25) is 0 Å². The Labute approximate surface area is 104 Å². The number of carbonyl (C=O) groups is 1. The average Bonchev–Trinajstić information content (AvgIpc) is 2.29. The van der Waals surface area contributed by atoms with E-state index in [9.17, 15) is 4.79 Å². The molecule has 6 nitrogen and oxygen atoms in total. The molecule has 2 rings (SSSR count). The summed E-state index contributed by atoms with van der Waals surface area (Å²) in [6.07, 6.45) is 5.50. The van der Waals surface area contributed by atoms with Gasteiger partial charge in [0, 0.05) is 10.7 Å².